The maximum absolute atomic E-state index is 13.2. The average Bonchev–Trinajstić information content (AvgIpc) is 2.59. The van der Waals surface area contributed by atoms with Gasteiger partial charge in [0.15, 0.2) is 0 Å². The summed E-state index contributed by atoms with van der Waals surface area (Å²) in [7, 11) is 0. The first-order chi connectivity index (χ1) is 7.16. The second-order valence-corrected chi connectivity index (χ2v) is 3.46. The highest BCUT2D eigenvalue weighted by molar-refractivity contribution is 5.41. The summed E-state index contributed by atoms with van der Waals surface area (Å²) in [5, 5.41) is 0. The van der Waals surface area contributed by atoms with Gasteiger partial charge in [-0.25, -0.2) is 9.37 Å². The van der Waals surface area contributed by atoms with Crippen LogP contribution in [0.5, 0.6) is 0 Å². The van der Waals surface area contributed by atoms with Gasteiger partial charge < -0.3 is 10.3 Å². The number of imidazole rings is 1. The van der Waals surface area contributed by atoms with Gasteiger partial charge in [0.25, 0.3) is 0 Å². The van der Waals surface area contributed by atoms with Gasteiger partial charge >= 0.3 is 0 Å². The minimum atomic E-state index is -0.370. The highest BCUT2D eigenvalue weighted by Gasteiger charge is 2.02. The Morgan fingerprint density at radius 3 is 2.87 bits per heavy atom. The molecule has 0 fully saturated rings. The van der Waals surface area contributed by atoms with Gasteiger partial charge in [0.1, 0.15) is 11.6 Å². The van der Waals surface area contributed by atoms with Gasteiger partial charge in [-0.15, -0.1) is 0 Å². The maximum Gasteiger partial charge on any atom is 0.146 e. The summed E-state index contributed by atoms with van der Waals surface area (Å²) in [6, 6.07) is 4.85. The Balaban J connectivity index is 2.25. The second-order valence-electron chi connectivity index (χ2n) is 3.46. The minimum Gasteiger partial charge on any atom is -0.396 e. The molecular formula is C11H12FN3. The maximum atomic E-state index is 13.2. The van der Waals surface area contributed by atoms with E-state index < -0.39 is 0 Å². The average molecular weight is 205 g/mol. The number of aryl methyl sites for hydroxylation is 1. The summed E-state index contributed by atoms with van der Waals surface area (Å²) in [5.74, 6) is 0.539. The number of nitrogens with two attached hydrogens (primary N) is 1. The zero-order valence-corrected chi connectivity index (χ0v) is 8.44. The van der Waals surface area contributed by atoms with E-state index in [1.54, 1.807) is 12.3 Å². The SMILES string of the molecule is Cc1nccn1Cc1ccc(N)c(F)c1. The number of hydrogen-bond acceptors (Lipinski definition) is 2. The molecule has 2 aromatic rings. The van der Waals surface area contributed by atoms with Crippen molar-refractivity contribution in [3.8, 4) is 0 Å². The van der Waals surface area contributed by atoms with Crippen LogP contribution >= 0.6 is 0 Å². The molecule has 0 radical (unpaired) electrons. The molecule has 0 spiro atoms. The Kier molecular flexibility index (Phi) is 2.41. The van der Waals surface area contributed by atoms with Crippen molar-refractivity contribution >= 4 is 5.69 Å². The molecule has 2 N–H and O–H groups in total. The van der Waals surface area contributed by atoms with Crippen LogP contribution in [0.4, 0.5) is 10.1 Å². The molecule has 0 aliphatic rings. The molecule has 3 nitrogen and oxygen atoms in total. The molecule has 1 heterocycles. The molecule has 15 heavy (non-hydrogen) atoms. The van der Waals surface area contributed by atoms with Gasteiger partial charge in [0.05, 0.1) is 5.69 Å². The number of nitrogens with zero attached hydrogens (tertiary/aromatic N) is 2. The van der Waals surface area contributed by atoms with Crippen LogP contribution in [0.15, 0.2) is 30.6 Å². The number of nitrogen functional groups attached to an aromatic ring is 1. The van der Waals surface area contributed by atoms with Crippen molar-refractivity contribution in [3.63, 3.8) is 0 Å². The van der Waals surface area contributed by atoms with Crippen LogP contribution in [0, 0.1) is 12.7 Å². The van der Waals surface area contributed by atoms with Crippen molar-refractivity contribution in [3.05, 3.63) is 47.8 Å². The number of benzene rings is 1. The van der Waals surface area contributed by atoms with Gasteiger partial charge in [-0.05, 0) is 24.6 Å². The summed E-state index contributed by atoms with van der Waals surface area (Å²) < 4.78 is 15.1. The second kappa shape index (κ2) is 3.73. The quantitative estimate of drug-likeness (QED) is 0.761. The Labute approximate surface area is 87.4 Å². The molecule has 0 unspecified atom stereocenters. The van der Waals surface area contributed by atoms with Gasteiger partial charge in [-0.1, -0.05) is 6.07 Å². The lowest BCUT2D eigenvalue weighted by molar-refractivity contribution is 0.627. The highest BCUT2D eigenvalue weighted by Crippen LogP contribution is 2.13. The van der Waals surface area contributed by atoms with Crippen molar-refractivity contribution in [2.24, 2.45) is 0 Å². The number of rotatable bonds is 2. The third-order valence-electron chi connectivity index (χ3n) is 2.34. The molecule has 0 bridgehead atoms. The molecule has 0 aliphatic carbocycles. The standard InChI is InChI=1S/C11H12FN3/c1-8-14-4-5-15(8)7-9-2-3-11(13)10(12)6-9/h2-6H,7,13H2,1H3. The Bertz CT molecular complexity index is 476. The number of hydrogen-bond donors (Lipinski definition) is 1. The van der Waals surface area contributed by atoms with E-state index in [9.17, 15) is 4.39 Å². The van der Waals surface area contributed by atoms with Crippen molar-refractivity contribution < 1.29 is 4.39 Å². The summed E-state index contributed by atoms with van der Waals surface area (Å²) in [4.78, 5) is 4.10. The lowest BCUT2D eigenvalue weighted by Crippen LogP contribution is -2.02. The topological polar surface area (TPSA) is 43.8 Å². The molecule has 4 heteroatoms. The molecule has 0 atom stereocenters. The number of anilines is 1. The van der Waals surface area contributed by atoms with E-state index in [0.29, 0.717) is 6.54 Å². The highest BCUT2D eigenvalue weighted by atomic mass is 19.1. The van der Waals surface area contributed by atoms with E-state index >= 15 is 0 Å². The fourth-order valence-electron chi connectivity index (χ4n) is 1.44. The third kappa shape index (κ3) is 1.98. The van der Waals surface area contributed by atoms with Crippen molar-refractivity contribution in [1.29, 1.82) is 0 Å². The number of halogens is 1. The van der Waals surface area contributed by atoms with Gasteiger partial charge in [-0.3, -0.25) is 0 Å². The molecule has 0 aliphatic heterocycles. The summed E-state index contributed by atoms with van der Waals surface area (Å²) >= 11 is 0. The molecule has 0 saturated heterocycles. The number of aromatic nitrogens is 2. The lowest BCUT2D eigenvalue weighted by atomic mass is 10.2. The van der Waals surface area contributed by atoms with Crippen LogP contribution in [0.2, 0.25) is 0 Å². The summed E-state index contributed by atoms with van der Waals surface area (Å²) in [6.07, 6.45) is 3.59. The van der Waals surface area contributed by atoms with Crippen LogP contribution < -0.4 is 5.73 Å². The van der Waals surface area contributed by atoms with Crippen LogP contribution in [0.3, 0.4) is 0 Å². The summed E-state index contributed by atoms with van der Waals surface area (Å²) in [6.45, 7) is 2.52. The molecule has 1 aromatic carbocycles. The van der Waals surface area contributed by atoms with E-state index in [-0.39, 0.29) is 11.5 Å². The van der Waals surface area contributed by atoms with E-state index in [1.807, 2.05) is 23.8 Å². The lowest BCUT2D eigenvalue weighted by Gasteiger charge is -2.06. The Morgan fingerprint density at radius 2 is 2.27 bits per heavy atom. The fourth-order valence-corrected chi connectivity index (χ4v) is 1.44. The minimum absolute atomic E-state index is 0.182. The Hall–Kier alpha value is -1.84. The van der Waals surface area contributed by atoms with Crippen molar-refractivity contribution in [2.45, 2.75) is 13.5 Å². The van der Waals surface area contributed by atoms with Crippen molar-refractivity contribution in [1.82, 2.24) is 9.55 Å². The van der Waals surface area contributed by atoms with E-state index in [1.165, 1.54) is 6.07 Å². The molecule has 1 aromatic heterocycles. The van der Waals surface area contributed by atoms with Crippen LogP contribution in [-0.4, -0.2) is 9.55 Å². The van der Waals surface area contributed by atoms with Gasteiger partial charge in [0, 0.05) is 18.9 Å². The molecule has 0 amide bonds. The molecule has 78 valence electrons. The first-order valence-corrected chi connectivity index (χ1v) is 4.68. The largest absolute Gasteiger partial charge is 0.396 e. The monoisotopic (exact) mass is 205 g/mol. The normalized spacial score (nSPS) is 10.5. The van der Waals surface area contributed by atoms with Gasteiger partial charge in [0.2, 0.25) is 0 Å². The van der Waals surface area contributed by atoms with E-state index in [0.717, 1.165) is 11.4 Å². The zero-order valence-electron chi connectivity index (χ0n) is 8.44. The van der Waals surface area contributed by atoms with Gasteiger partial charge in [-0.2, -0.15) is 0 Å². The first-order valence-electron chi connectivity index (χ1n) is 4.68. The van der Waals surface area contributed by atoms with E-state index in [4.69, 9.17) is 5.73 Å². The zero-order chi connectivity index (χ0) is 10.8. The molecular weight excluding hydrogens is 193 g/mol. The predicted molar refractivity (Wildman–Crippen MR) is 56.9 cm³/mol. The van der Waals surface area contributed by atoms with Crippen LogP contribution in [-0.2, 0) is 6.54 Å². The molecule has 0 saturated carbocycles. The third-order valence-corrected chi connectivity index (χ3v) is 2.34. The van der Waals surface area contributed by atoms with E-state index in [2.05, 4.69) is 4.98 Å². The van der Waals surface area contributed by atoms with Crippen molar-refractivity contribution in [2.75, 3.05) is 5.73 Å². The van der Waals surface area contributed by atoms with Crippen LogP contribution in [0.25, 0.3) is 0 Å². The predicted octanol–water partition coefficient (Wildman–Crippen LogP) is 1.96. The Morgan fingerprint density at radius 1 is 1.47 bits per heavy atom. The smallest absolute Gasteiger partial charge is 0.146 e. The fraction of sp³-hybridized carbons (Fsp3) is 0.182. The molecule has 2 rings (SSSR count). The van der Waals surface area contributed by atoms with Crippen LogP contribution in [0.1, 0.15) is 11.4 Å². The first kappa shape index (κ1) is 9.71. The summed E-state index contributed by atoms with van der Waals surface area (Å²) in [5.41, 5.74) is 6.46.